The molecule has 1 aliphatic carbocycles. The molecular formula is C16H16FN3OS. The van der Waals surface area contributed by atoms with Crippen LogP contribution in [0, 0.1) is 18.7 Å². The highest BCUT2D eigenvalue weighted by molar-refractivity contribution is 7.97. The Hall–Kier alpha value is -1.95. The zero-order valence-electron chi connectivity index (χ0n) is 12.1. The minimum atomic E-state index is -0.475. The standard InChI is InChI=1S/C16H16FN3OS/c1-9-19-14(11-4-2-3-5-12(11)17)13(16(21)22)15(20-9)18-8-10-6-7-10/h2-5,10H,6-8H2,1H3,(H,21,22)(H,18,19,20). The Kier molecular flexibility index (Phi) is 4.11. The van der Waals surface area contributed by atoms with Crippen molar-refractivity contribution < 1.29 is 9.18 Å². The molecule has 4 nitrogen and oxygen atoms in total. The van der Waals surface area contributed by atoms with E-state index in [1.807, 2.05) is 0 Å². The van der Waals surface area contributed by atoms with Gasteiger partial charge in [-0.25, -0.2) is 14.4 Å². The fourth-order valence-electron chi connectivity index (χ4n) is 2.31. The van der Waals surface area contributed by atoms with Gasteiger partial charge in [0.15, 0.2) is 0 Å². The molecule has 114 valence electrons. The first-order chi connectivity index (χ1) is 10.6. The van der Waals surface area contributed by atoms with Crippen molar-refractivity contribution in [3.8, 4) is 11.3 Å². The average molecular weight is 317 g/mol. The summed E-state index contributed by atoms with van der Waals surface area (Å²) in [5.74, 6) is 1.10. The van der Waals surface area contributed by atoms with Gasteiger partial charge in [-0.1, -0.05) is 12.1 Å². The Balaban J connectivity index is 2.11. The van der Waals surface area contributed by atoms with Gasteiger partial charge in [-0.15, -0.1) is 12.6 Å². The second-order valence-corrected chi connectivity index (χ2v) is 5.86. The van der Waals surface area contributed by atoms with Gasteiger partial charge in [0.05, 0.1) is 11.3 Å². The lowest BCUT2D eigenvalue weighted by Crippen LogP contribution is -2.13. The van der Waals surface area contributed by atoms with E-state index in [1.54, 1.807) is 25.1 Å². The lowest BCUT2D eigenvalue weighted by Gasteiger charge is -2.14. The van der Waals surface area contributed by atoms with Crippen LogP contribution in [0.5, 0.6) is 0 Å². The third-order valence-electron chi connectivity index (χ3n) is 3.62. The van der Waals surface area contributed by atoms with Crippen molar-refractivity contribution >= 4 is 23.6 Å². The van der Waals surface area contributed by atoms with Gasteiger partial charge in [0.2, 0.25) is 5.12 Å². The molecule has 6 heteroatoms. The molecule has 0 bridgehead atoms. The molecule has 22 heavy (non-hydrogen) atoms. The van der Waals surface area contributed by atoms with Crippen molar-refractivity contribution in [1.82, 2.24) is 9.97 Å². The van der Waals surface area contributed by atoms with Crippen LogP contribution in [-0.2, 0) is 0 Å². The van der Waals surface area contributed by atoms with Crippen LogP contribution in [0.15, 0.2) is 24.3 Å². The summed E-state index contributed by atoms with van der Waals surface area (Å²) in [5, 5.41) is 2.71. The van der Waals surface area contributed by atoms with Crippen molar-refractivity contribution in [3.63, 3.8) is 0 Å². The van der Waals surface area contributed by atoms with Crippen LogP contribution in [0.2, 0.25) is 0 Å². The molecule has 1 N–H and O–H groups in total. The molecule has 0 radical (unpaired) electrons. The van der Waals surface area contributed by atoms with Crippen LogP contribution in [-0.4, -0.2) is 21.6 Å². The Morgan fingerprint density at radius 2 is 2.09 bits per heavy atom. The lowest BCUT2D eigenvalue weighted by atomic mass is 10.1. The number of hydrogen-bond donors (Lipinski definition) is 2. The molecule has 1 aliphatic rings. The Labute approximate surface area is 133 Å². The highest BCUT2D eigenvalue weighted by Crippen LogP contribution is 2.32. The largest absolute Gasteiger partial charge is 0.369 e. The van der Waals surface area contributed by atoms with E-state index in [2.05, 4.69) is 27.9 Å². The second-order valence-electron chi connectivity index (χ2n) is 5.45. The van der Waals surface area contributed by atoms with Crippen LogP contribution in [0.1, 0.15) is 29.0 Å². The summed E-state index contributed by atoms with van der Waals surface area (Å²) in [6.07, 6.45) is 2.36. The SMILES string of the molecule is Cc1nc(NCC2CC2)c(C(=O)S)c(-c2ccccc2F)n1. The zero-order chi connectivity index (χ0) is 15.7. The predicted octanol–water partition coefficient (Wildman–Crippen LogP) is 3.48. The first-order valence-corrected chi connectivity index (χ1v) is 7.61. The molecule has 0 spiro atoms. The first kappa shape index (κ1) is 15.0. The maximum absolute atomic E-state index is 14.1. The monoisotopic (exact) mass is 317 g/mol. The normalized spacial score (nSPS) is 14.0. The predicted molar refractivity (Wildman–Crippen MR) is 86.7 cm³/mol. The molecule has 1 fully saturated rings. The van der Waals surface area contributed by atoms with E-state index in [1.165, 1.54) is 18.9 Å². The van der Waals surface area contributed by atoms with Gasteiger partial charge in [-0.3, -0.25) is 4.79 Å². The van der Waals surface area contributed by atoms with Gasteiger partial charge in [0.25, 0.3) is 0 Å². The van der Waals surface area contributed by atoms with Crippen molar-refractivity contribution in [2.24, 2.45) is 5.92 Å². The molecule has 3 rings (SSSR count). The van der Waals surface area contributed by atoms with E-state index in [-0.39, 0.29) is 16.8 Å². The lowest BCUT2D eigenvalue weighted by molar-refractivity contribution is 0.109. The van der Waals surface area contributed by atoms with E-state index in [4.69, 9.17) is 0 Å². The maximum atomic E-state index is 14.1. The minimum absolute atomic E-state index is 0.222. The van der Waals surface area contributed by atoms with Gasteiger partial charge in [0, 0.05) is 12.1 Å². The summed E-state index contributed by atoms with van der Waals surface area (Å²) in [7, 11) is 0. The Morgan fingerprint density at radius 1 is 1.36 bits per heavy atom. The van der Waals surface area contributed by atoms with Gasteiger partial charge in [-0.05, 0) is 37.8 Å². The Morgan fingerprint density at radius 3 is 2.73 bits per heavy atom. The third kappa shape index (κ3) is 3.11. The summed E-state index contributed by atoms with van der Waals surface area (Å²) in [6, 6.07) is 6.25. The van der Waals surface area contributed by atoms with E-state index in [9.17, 15) is 9.18 Å². The minimum Gasteiger partial charge on any atom is -0.369 e. The number of anilines is 1. The highest BCUT2D eigenvalue weighted by atomic mass is 32.1. The van der Waals surface area contributed by atoms with Crippen LogP contribution < -0.4 is 5.32 Å². The fraction of sp³-hybridized carbons (Fsp3) is 0.312. The molecule has 0 saturated heterocycles. The number of carbonyl (C=O) groups excluding carboxylic acids is 1. The molecule has 1 aromatic carbocycles. The van der Waals surface area contributed by atoms with Crippen molar-refractivity contribution in [2.75, 3.05) is 11.9 Å². The second kappa shape index (κ2) is 6.04. The number of benzene rings is 1. The summed E-state index contributed by atoms with van der Waals surface area (Å²) in [5.41, 5.74) is 0.781. The van der Waals surface area contributed by atoms with Crippen molar-refractivity contribution in [2.45, 2.75) is 19.8 Å². The van der Waals surface area contributed by atoms with Gasteiger partial charge in [-0.2, -0.15) is 0 Å². The van der Waals surface area contributed by atoms with E-state index < -0.39 is 10.9 Å². The summed E-state index contributed by atoms with van der Waals surface area (Å²) >= 11 is 3.92. The van der Waals surface area contributed by atoms with Crippen LogP contribution in [0.4, 0.5) is 10.2 Å². The smallest absolute Gasteiger partial charge is 0.222 e. The number of rotatable bonds is 5. The molecular weight excluding hydrogens is 301 g/mol. The number of hydrogen-bond acceptors (Lipinski definition) is 4. The molecule has 1 aromatic heterocycles. The van der Waals surface area contributed by atoms with Gasteiger partial charge < -0.3 is 5.32 Å². The topological polar surface area (TPSA) is 54.9 Å². The number of nitrogens with one attached hydrogen (secondary N) is 1. The zero-order valence-corrected chi connectivity index (χ0v) is 13.0. The molecule has 1 heterocycles. The van der Waals surface area contributed by atoms with Crippen LogP contribution in [0.3, 0.4) is 0 Å². The van der Waals surface area contributed by atoms with E-state index >= 15 is 0 Å². The number of halogens is 1. The molecule has 0 amide bonds. The van der Waals surface area contributed by atoms with Crippen LogP contribution >= 0.6 is 12.6 Å². The molecule has 0 unspecified atom stereocenters. The highest BCUT2D eigenvalue weighted by Gasteiger charge is 2.24. The van der Waals surface area contributed by atoms with Crippen LogP contribution in [0.25, 0.3) is 11.3 Å². The van der Waals surface area contributed by atoms with E-state index in [0.29, 0.717) is 17.6 Å². The maximum Gasteiger partial charge on any atom is 0.222 e. The summed E-state index contributed by atoms with van der Waals surface area (Å²) < 4.78 is 14.1. The average Bonchev–Trinajstić information content (AvgIpc) is 3.28. The van der Waals surface area contributed by atoms with Crippen molar-refractivity contribution in [1.29, 1.82) is 0 Å². The molecule has 0 aliphatic heterocycles. The first-order valence-electron chi connectivity index (χ1n) is 7.17. The number of nitrogens with zero attached hydrogens (tertiary/aromatic N) is 2. The summed E-state index contributed by atoms with van der Waals surface area (Å²) in [4.78, 5) is 20.5. The van der Waals surface area contributed by atoms with E-state index in [0.717, 1.165) is 6.54 Å². The van der Waals surface area contributed by atoms with Gasteiger partial charge >= 0.3 is 0 Å². The molecule has 0 atom stereocenters. The summed E-state index contributed by atoms with van der Waals surface area (Å²) in [6.45, 7) is 2.47. The number of thiol groups is 1. The quantitative estimate of drug-likeness (QED) is 0.829. The number of carbonyl (C=O) groups is 1. The number of aromatic nitrogens is 2. The van der Waals surface area contributed by atoms with Crippen molar-refractivity contribution in [3.05, 3.63) is 41.5 Å². The fourth-order valence-corrected chi connectivity index (χ4v) is 2.53. The molecule has 2 aromatic rings. The number of aryl methyl sites for hydroxylation is 1. The Bertz CT molecular complexity index is 731. The molecule has 1 saturated carbocycles. The van der Waals surface area contributed by atoms with Gasteiger partial charge in [0.1, 0.15) is 17.5 Å². The third-order valence-corrected chi connectivity index (χ3v) is 3.84.